The van der Waals surface area contributed by atoms with Gasteiger partial charge < -0.3 is 5.32 Å². The van der Waals surface area contributed by atoms with Crippen LogP contribution in [0.3, 0.4) is 0 Å². The lowest BCUT2D eigenvalue weighted by Gasteiger charge is -2.18. The number of carbonyl (C=O) groups is 1. The summed E-state index contributed by atoms with van der Waals surface area (Å²) in [4.78, 5) is 26.6. The zero-order valence-corrected chi connectivity index (χ0v) is 12.4. The number of amides is 1. The first-order valence-corrected chi connectivity index (χ1v) is 7.57. The van der Waals surface area contributed by atoms with Crippen LogP contribution >= 0.6 is 11.6 Å². The van der Waals surface area contributed by atoms with Crippen LogP contribution in [0.5, 0.6) is 0 Å². The molecule has 7 heteroatoms. The summed E-state index contributed by atoms with van der Waals surface area (Å²) in [6.07, 6.45) is 7.17. The van der Waals surface area contributed by atoms with Crippen molar-refractivity contribution in [1.29, 1.82) is 0 Å². The van der Waals surface area contributed by atoms with Crippen molar-refractivity contribution in [1.82, 2.24) is 4.98 Å². The minimum Gasteiger partial charge on any atom is -0.305 e. The first-order valence-electron chi connectivity index (χ1n) is 7.19. The van der Waals surface area contributed by atoms with E-state index in [1.165, 1.54) is 18.6 Å². The Balaban J connectivity index is 2.10. The molecular formula is C14H18ClN3O3. The number of nitro groups is 1. The van der Waals surface area contributed by atoms with Crippen LogP contribution in [0.25, 0.3) is 0 Å². The van der Waals surface area contributed by atoms with Gasteiger partial charge in [0, 0.05) is 12.0 Å². The summed E-state index contributed by atoms with van der Waals surface area (Å²) in [5.74, 6) is -0.375. The molecule has 21 heavy (non-hydrogen) atoms. The van der Waals surface area contributed by atoms with Crippen molar-refractivity contribution < 1.29 is 9.72 Å². The summed E-state index contributed by atoms with van der Waals surface area (Å²) in [5, 5.41) is 13.7. The van der Waals surface area contributed by atoms with Crippen molar-refractivity contribution in [2.45, 2.75) is 44.9 Å². The van der Waals surface area contributed by atoms with Gasteiger partial charge in [0.05, 0.1) is 4.92 Å². The number of anilines is 1. The summed E-state index contributed by atoms with van der Waals surface area (Å²) >= 11 is 5.75. The maximum atomic E-state index is 12.3. The standard InChI is InChI=1S/C14H18ClN3O3/c15-12-9-8-11(18(20)21)13(16-12)17-14(19)10-6-4-2-1-3-5-7-10/h8-10H,1-7H2,(H,16,17,19). The zero-order valence-electron chi connectivity index (χ0n) is 11.7. The molecule has 0 saturated heterocycles. The van der Waals surface area contributed by atoms with Crippen LogP contribution in [-0.2, 0) is 4.79 Å². The molecule has 2 rings (SSSR count). The normalized spacial score (nSPS) is 16.8. The highest BCUT2D eigenvalue weighted by Gasteiger charge is 2.23. The van der Waals surface area contributed by atoms with Crippen LogP contribution in [0, 0.1) is 16.0 Å². The first-order chi connectivity index (χ1) is 10.1. The van der Waals surface area contributed by atoms with Crippen LogP contribution in [0.1, 0.15) is 44.9 Å². The Morgan fingerprint density at radius 1 is 1.24 bits per heavy atom. The van der Waals surface area contributed by atoms with Crippen LogP contribution in [-0.4, -0.2) is 15.8 Å². The largest absolute Gasteiger partial charge is 0.311 e. The number of nitrogens with one attached hydrogen (secondary N) is 1. The molecule has 0 bridgehead atoms. The Bertz CT molecular complexity index is 528. The van der Waals surface area contributed by atoms with Gasteiger partial charge in [0.15, 0.2) is 0 Å². The number of carbonyl (C=O) groups excluding carboxylic acids is 1. The highest BCUT2D eigenvalue weighted by Crippen LogP contribution is 2.27. The fourth-order valence-electron chi connectivity index (χ4n) is 2.60. The summed E-state index contributed by atoms with van der Waals surface area (Å²) in [6.45, 7) is 0. The van der Waals surface area contributed by atoms with E-state index in [0.717, 1.165) is 38.5 Å². The van der Waals surface area contributed by atoms with Gasteiger partial charge in [-0.25, -0.2) is 4.98 Å². The van der Waals surface area contributed by atoms with Gasteiger partial charge in [-0.05, 0) is 18.9 Å². The van der Waals surface area contributed by atoms with E-state index in [4.69, 9.17) is 11.6 Å². The number of hydrogen-bond donors (Lipinski definition) is 1. The summed E-state index contributed by atoms with van der Waals surface area (Å²) in [5.41, 5.74) is -0.237. The van der Waals surface area contributed by atoms with Gasteiger partial charge in [0.1, 0.15) is 5.15 Å². The topological polar surface area (TPSA) is 85.1 Å². The number of nitrogens with zero attached hydrogens (tertiary/aromatic N) is 2. The van der Waals surface area contributed by atoms with Crippen molar-refractivity contribution in [3.05, 3.63) is 27.4 Å². The van der Waals surface area contributed by atoms with Crippen LogP contribution in [0.2, 0.25) is 5.15 Å². The second kappa shape index (κ2) is 7.36. The smallest absolute Gasteiger partial charge is 0.305 e. The van der Waals surface area contributed by atoms with E-state index in [2.05, 4.69) is 10.3 Å². The van der Waals surface area contributed by atoms with E-state index in [0.29, 0.717) is 0 Å². The molecule has 0 aliphatic heterocycles. The molecule has 0 radical (unpaired) electrons. The number of hydrogen-bond acceptors (Lipinski definition) is 4. The predicted octanol–water partition coefficient (Wildman–Crippen LogP) is 3.94. The molecule has 1 heterocycles. The molecular weight excluding hydrogens is 294 g/mol. The Hall–Kier alpha value is -1.69. The Kier molecular flexibility index (Phi) is 5.50. The summed E-state index contributed by atoms with van der Waals surface area (Å²) in [7, 11) is 0. The van der Waals surface area contributed by atoms with Gasteiger partial charge in [0.25, 0.3) is 0 Å². The van der Waals surface area contributed by atoms with Gasteiger partial charge in [0.2, 0.25) is 11.7 Å². The lowest BCUT2D eigenvalue weighted by molar-refractivity contribution is -0.384. The first kappa shape index (κ1) is 15.7. The number of aromatic nitrogens is 1. The van der Waals surface area contributed by atoms with Crippen molar-refractivity contribution >= 4 is 29.0 Å². The fourth-order valence-corrected chi connectivity index (χ4v) is 2.75. The molecule has 1 saturated carbocycles. The molecule has 1 aliphatic rings. The van der Waals surface area contributed by atoms with E-state index < -0.39 is 4.92 Å². The minimum absolute atomic E-state index is 0.0699. The maximum absolute atomic E-state index is 12.3. The molecule has 6 nitrogen and oxygen atoms in total. The molecule has 0 aromatic carbocycles. The molecule has 0 unspecified atom stereocenters. The lowest BCUT2D eigenvalue weighted by atomic mass is 9.90. The highest BCUT2D eigenvalue weighted by molar-refractivity contribution is 6.29. The quantitative estimate of drug-likeness (QED) is 0.520. The Morgan fingerprint density at radius 2 is 1.86 bits per heavy atom. The van der Waals surface area contributed by atoms with Gasteiger partial charge in [-0.15, -0.1) is 0 Å². The summed E-state index contributed by atoms with van der Waals surface area (Å²) < 4.78 is 0. The van der Waals surface area contributed by atoms with E-state index in [-0.39, 0.29) is 28.5 Å². The lowest BCUT2D eigenvalue weighted by Crippen LogP contribution is -2.24. The monoisotopic (exact) mass is 311 g/mol. The second-order valence-corrected chi connectivity index (χ2v) is 5.68. The molecule has 0 spiro atoms. The molecule has 1 N–H and O–H groups in total. The third-order valence-corrected chi connectivity index (χ3v) is 3.96. The fraction of sp³-hybridized carbons (Fsp3) is 0.571. The molecule has 1 fully saturated rings. The van der Waals surface area contributed by atoms with Gasteiger partial charge in [-0.2, -0.15) is 0 Å². The second-order valence-electron chi connectivity index (χ2n) is 5.29. The van der Waals surface area contributed by atoms with Crippen molar-refractivity contribution in [3.63, 3.8) is 0 Å². The van der Waals surface area contributed by atoms with Crippen LogP contribution < -0.4 is 5.32 Å². The van der Waals surface area contributed by atoms with Gasteiger partial charge in [-0.1, -0.05) is 43.7 Å². The molecule has 1 aromatic rings. The van der Waals surface area contributed by atoms with Crippen LogP contribution in [0.4, 0.5) is 11.5 Å². The van der Waals surface area contributed by atoms with E-state index in [9.17, 15) is 14.9 Å². The van der Waals surface area contributed by atoms with Crippen LogP contribution in [0.15, 0.2) is 12.1 Å². The number of rotatable bonds is 3. The molecule has 0 atom stereocenters. The average molecular weight is 312 g/mol. The highest BCUT2D eigenvalue weighted by atomic mass is 35.5. The van der Waals surface area contributed by atoms with Crippen molar-refractivity contribution in [2.75, 3.05) is 5.32 Å². The molecule has 114 valence electrons. The third-order valence-electron chi connectivity index (χ3n) is 3.75. The molecule has 1 amide bonds. The Labute approximate surface area is 128 Å². The average Bonchev–Trinajstić information content (AvgIpc) is 2.37. The predicted molar refractivity (Wildman–Crippen MR) is 80.3 cm³/mol. The van der Waals surface area contributed by atoms with Crippen molar-refractivity contribution in [3.8, 4) is 0 Å². The number of pyridine rings is 1. The van der Waals surface area contributed by atoms with E-state index in [1.54, 1.807) is 0 Å². The molecule has 1 aromatic heterocycles. The van der Waals surface area contributed by atoms with Gasteiger partial charge in [-0.3, -0.25) is 14.9 Å². The molecule has 1 aliphatic carbocycles. The maximum Gasteiger partial charge on any atom is 0.311 e. The Morgan fingerprint density at radius 3 is 2.48 bits per heavy atom. The minimum atomic E-state index is -0.572. The van der Waals surface area contributed by atoms with Crippen molar-refractivity contribution in [2.24, 2.45) is 5.92 Å². The zero-order chi connectivity index (χ0) is 15.2. The van der Waals surface area contributed by atoms with E-state index >= 15 is 0 Å². The van der Waals surface area contributed by atoms with E-state index in [1.807, 2.05) is 0 Å². The van der Waals surface area contributed by atoms with Gasteiger partial charge >= 0.3 is 5.69 Å². The third kappa shape index (κ3) is 4.39. The SMILES string of the molecule is O=C(Nc1nc(Cl)ccc1[N+](=O)[O-])C1CCCCCCC1. The summed E-state index contributed by atoms with van der Waals surface area (Å²) in [6, 6.07) is 2.59. The number of halogens is 1.